The van der Waals surface area contributed by atoms with Gasteiger partial charge in [-0.15, -0.1) is 0 Å². The summed E-state index contributed by atoms with van der Waals surface area (Å²) >= 11 is 6.01. The summed E-state index contributed by atoms with van der Waals surface area (Å²) in [5.41, 5.74) is 4.63. The number of nitriles is 1. The molecule has 0 heterocycles. The predicted octanol–water partition coefficient (Wildman–Crippen LogP) is 7.23. The highest BCUT2D eigenvalue weighted by atomic mass is 35.5. The molecular formula is C29H23ClN2O2. The Bertz CT molecular complexity index is 1450. The number of anilines is 1. The third kappa shape index (κ3) is 5.28. The highest BCUT2D eigenvalue weighted by molar-refractivity contribution is 6.31. The molecule has 0 aliphatic heterocycles. The van der Waals surface area contributed by atoms with E-state index in [1.54, 1.807) is 30.3 Å². The lowest BCUT2D eigenvalue weighted by Gasteiger charge is -2.13. The molecule has 0 saturated heterocycles. The Morgan fingerprint density at radius 3 is 2.59 bits per heavy atom. The monoisotopic (exact) mass is 466 g/mol. The highest BCUT2D eigenvalue weighted by Gasteiger charge is 2.14. The zero-order valence-corrected chi connectivity index (χ0v) is 19.7. The van der Waals surface area contributed by atoms with Crippen LogP contribution in [0.15, 0.2) is 84.4 Å². The molecule has 34 heavy (non-hydrogen) atoms. The van der Waals surface area contributed by atoms with Crippen LogP contribution < -0.4 is 10.1 Å². The van der Waals surface area contributed by atoms with E-state index in [9.17, 15) is 10.1 Å². The molecule has 4 aromatic carbocycles. The lowest BCUT2D eigenvalue weighted by atomic mass is 10.0. The van der Waals surface area contributed by atoms with Crippen LogP contribution in [0.4, 0.5) is 5.69 Å². The normalized spacial score (nSPS) is 11.2. The van der Waals surface area contributed by atoms with Gasteiger partial charge in [0.2, 0.25) is 0 Å². The molecule has 0 aliphatic carbocycles. The van der Waals surface area contributed by atoms with Crippen molar-refractivity contribution < 1.29 is 9.53 Å². The minimum absolute atomic E-state index is 0.0349. The first-order chi connectivity index (χ1) is 16.4. The van der Waals surface area contributed by atoms with Gasteiger partial charge in [0.15, 0.2) is 0 Å². The third-order valence-corrected chi connectivity index (χ3v) is 5.87. The molecule has 0 atom stereocenters. The molecular weight excluding hydrogens is 444 g/mol. The third-order valence-electron chi connectivity index (χ3n) is 5.63. The van der Waals surface area contributed by atoms with Gasteiger partial charge in [-0.05, 0) is 71.7 Å². The number of rotatable bonds is 6. The zero-order valence-electron chi connectivity index (χ0n) is 18.9. The van der Waals surface area contributed by atoms with Crippen molar-refractivity contribution in [2.75, 3.05) is 5.32 Å². The fourth-order valence-corrected chi connectivity index (χ4v) is 3.85. The number of ether oxygens (including phenoxy) is 1. The zero-order chi connectivity index (χ0) is 24.1. The van der Waals surface area contributed by atoms with Crippen molar-refractivity contribution in [1.29, 1.82) is 5.26 Å². The van der Waals surface area contributed by atoms with Gasteiger partial charge in [0.25, 0.3) is 5.91 Å². The largest absolute Gasteiger partial charge is 0.488 e. The molecule has 0 fully saturated rings. The van der Waals surface area contributed by atoms with Crippen LogP contribution in [0.25, 0.3) is 16.8 Å². The number of benzene rings is 4. The quantitative estimate of drug-likeness (QED) is 0.241. The molecule has 4 nitrogen and oxygen atoms in total. The summed E-state index contributed by atoms with van der Waals surface area (Å²) in [4.78, 5) is 12.9. The van der Waals surface area contributed by atoms with Gasteiger partial charge in [-0.25, -0.2) is 0 Å². The summed E-state index contributed by atoms with van der Waals surface area (Å²) in [5.74, 6) is 0.0815. The van der Waals surface area contributed by atoms with E-state index < -0.39 is 5.91 Å². The SMILES string of the molecule is Cc1ccc(COc2ccc3ccccc3c2/C=C(\C#N)C(=O)Nc2cccc(Cl)c2)cc1C. The van der Waals surface area contributed by atoms with E-state index in [4.69, 9.17) is 16.3 Å². The van der Waals surface area contributed by atoms with E-state index in [0.717, 1.165) is 16.3 Å². The van der Waals surface area contributed by atoms with Gasteiger partial charge >= 0.3 is 0 Å². The van der Waals surface area contributed by atoms with E-state index in [0.29, 0.717) is 28.6 Å². The van der Waals surface area contributed by atoms with Crippen molar-refractivity contribution in [3.63, 3.8) is 0 Å². The molecule has 0 unspecified atom stereocenters. The summed E-state index contributed by atoms with van der Waals surface area (Å²) in [6.07, 6.45) is 1.58. The Hall–Kier alpha value is -4.07. The molecule has 1 N–H and O–H groups in total. The minimum atomic E-state index is -0.516. The lowest BCUT2D eigenvalue weighted by molar-refractivity contribution is -0.112. The van der Waals surface area contributed by atoms with Crippen LogP contribution >= 0.6 is 11.6 Å². The molecule has 0 spiro atoms. The van der Waals surface area contributed by atoms with Crippen LogP contribution in [0.2, 0.25) is 5.02 Å². The number of hydrogen-bond acceptors (Lipinski definition) is 3. The maximum Gasteiger partial charge on any atom is 0.266 e. The second-order valence-electron chi connectivity index (χ2n) is 8.04. The van der Waals surface area contributed by atoms with Crippen LogP contribution in [0.5, 0.6) is 5.75 Å². The molecule has 0 radical (unpaired) electrons. The Morgan fingerprint density at radius 1 is 1.00 bits per heavy atom. The van der Waals surface area contributed by atoms with Crippen molar-refractivity contribution in [2.45, 2.75) is 20.5 Å². The van der Waals surface area contributed by atoms with E-state index in [-0.39, 0.29) is 5.57 Å². The summed E-state index contributed by atoms with van der Waals surface area (Å²) in [6.45, 7) is 4.52. The Labute approximate surface area is 204 Å². The molecule has 0 bridgehead atoms. The van der Waals surface area contributed by atoms with Gasteiger partial charge in [-0.3, -0.25) is 4.79 Å². The van der Waals surface area contributed by atoms with Crippen molar-refractivity contribution in [1.82, 2.24) is 0 Å². The van der Waals surface area contributed by atoms with Gasteiger partial charge in [-0.2, -0.15) is 5.26 Å². The van der Waals surface area contributed by atoms with Crippen molar-refractivity contribution in [2.24, 2.45) is 0 Å². The van der Waals surface area contributed by atoms with Gasteiger partial charge in [-0.1, -0.05) is 66.2 Å². The van der Waals surface area contributed by atoms with Gasteiger partial charge in [0, 0.05) is 16.3 Å². The number of hydrogen-bond donors (Lipinski definition) is 1. The molecule has 4 rings (SSSR count). The number of amides is 1. The summed E-state index contributed by atoms with van der Waals surface area (Å²) < 4.78 is 6.18. The fourth-order valence-electron chi connectivity index (χ4n) is 3.66. The van der Waals surface area contributed by atoms with Crippen LogP contribution in [0.3, 0.4) is 0 Å². The Balaban J connectivity index is 1.70. The van der Waals surface area contributed by atoms with Crippen molar-refractivity contribution in [3.8, 4) is 11.8 Å². The summed E-state index contributed by atoms with van der Waals surface area (Å²) in [5, 5.41) is 14.9. The molecule has 5 heteroatoms. The smallest absolute Gasteiger partial charge is 0.266 e. The van der Waals surface area contributed by atoms with Gasteiger partial charge < -0.3 is 10.1 Å². The highest BCUT2D eigenvalue weighted by Crippen LogP contribution is 2.31. The van der Waals surface area contributed by atoms with Crippen LogP contribution in [-0.2, 0) is 11.4 Å². The summed E-state index contributed by atoms with van der Waals surface area (Å²) in [6, 6.07) is 26.7. The lowest BCUT2D eigenvalue weighted by Crippen LogP contribution is -2.13. The molecule has 0 aromatic heterocycles. The summed E-state index contributed by atoms with van der Waals surface area (Å²) in [7, 11) is 0. The van der Waals surface area contributed by atoms with E-state index in [2.05, 4.69) is 31.3 Å². The first-order valence-electron chi connectivity index (χ1n) is 10.8. The second-order valence-corrected chi connectivity index (χ2v) is 8.48. The predicted molar refractivity (Wildman–Crippen MR) is 138 cm³/mol. The number of carbonyl (C=O) groups excluding carboxylic acids is 1. The van der Waals surface area contributed by atoms with Crippen LogP contribution in [-0.4, -0.2) is 5.91 Å². The second kappa shape index (κ2) is 10.2. The average Bonchev–Trinajstić information content (AvgIpc) is 2.83. The van der Waals surface area contributed by atoms with Gasteiger partial charge in [0.1, 0.15) is 24.0 Å². The first kappa shape index (κ1) is 23.1. The first-order valence-corrected chi connectivity index (χ1v) is 11.2. The van der Waals surface area contributed by atoms with E-state index >= 15 is 0 Å². The maximum atomic E-state index is 12.9. The van der Waals surface area contributed by atoms with Crippen LogP contribution in [0, 0.1) is 25.2 Å². The maximum absolute atomic E-state index is 12.9. The van der Waals surface area contributed by atoms with E-state index in [1.165, 1.54) is 11.1 Å². The minimum Gasteiger partial charge on any atom is -0.488 e. The Kier molecular flexibility index (Phi) is 6.96. The van der Waals surface area contributed by atoms with Gasteiger partial charge in [0.05, 0.1) is 0 Å². The number of halogens is 1. The number of fused-ring (bicyclic) bond motifs is 1. The number of carbonyl (C=O) groups is 1. The van der Waals surface area contributed by atoms with E-state index in [1.807, 2.05) is 48.5 Å². The molecule has 4 aromatic rings. The number of nitrogens with one attached hydrogen (secondary N) is 1. The molecule has 1 amide bonds. The topological polar surface area (TPSA) is 62.1 Å². The molecule has 168 valence electrons. The number of nitrogens with zero attached hydrogens (tertiary/aromatic N) is 1. The standard InChI is InChI=1S/C29H23ClN2O2/c1-19-10-11-21(14-20(19)2)18-34-28-13-12-22-6-3-4-9-26(22)27(28)15-23(17-31)29(33)32-25-8-5-7-24(30)16-25/h3-16H,18H2,1-2H3,(H,32,33)/b23-15+. The fraction of sp³-hybridized carbons (Fsp3) is 0.103. The Morgan fingerprint density at radius 2 is 1.82 bits per heavy atom. The van der Waals surface area contributed by atoms with Crippen molar-refractivity contribution in [3.05, 3.63) is 112 Å². The van der Waals surface area contributed by atoms with Crippen molar-refractivity contribution >= 4 is 40.0 Å². The van der Waals surface area contributed by atoms with Crippen LogP contribution in [0.1, 0.15) is 22.3 Å². The molecule has 0 aliphatic rings. The molecule has 0 saturated carbocycles. The number of aryl methyl sites for hydroxylation is 2. The average molecular weight is 467 g/mol.